The number of carbonyl (C=O) groups excluding carboxylic acids is 1. The highest BCUT2D eigenvalue weighted by Crippen LogP contribution is 2.29. The highest BCUT2D eigenvalue weighted by Gasteiger charge is 2.22. The van der Waals surface area contributed by atoms with Gasteiger partial charge in [0, 0.05) is 37.1 Å². The monoisotopic (exact) mass is 373 g/mol. The van der Waals surface area contributed by atoms with Crippen LogP contribution in [0.4, 0.5) is 9.93 Å². The maximum atomic E-state index is 12.5. The van der Waals surface area contributed by atoms with E-state index in [1.807, 2.05) is 29.9 Å². The minimum absolute atomic E-state index is 0.380. The van der Waals surface area contributed by atoms with Gasteiger partial charge in [-0.25, -0.2) is 14.8 Å². The lowest BCUT2D eigenvalue weighted by Gasteiger charge is -2.20. The molecule has 2 amide bonds. The molecule has 0 saturated heterocycles. The topological polar surface area (TPSA) is 90.3 Å². The third-order valence-corrected chi connectivity index (χ3v) is 4.44. The fourth-order valence-electron chi connectivity index (χ4n) is 2.50. The summed E-state index contributed by atoms with van der Waals surface area (Å²) in [6.45, 7) is 0. The van der Waals surface area contributed by atoms with E-state index in [2.05, 4.69) is 20.6 Å². The van der Waals surface area contributed by atoms with Crippen molar-refractivity contribution in [2.24, 2.45) is 7.05 Å². The molecule has 1 aromatic carbocycles. The maximum absolute atomic E-state index is 12.5. The minimum atomic E-state index is -0.501. The first-order valence-corrected chi connectivity index (χ1v) is 8.66. The number of benzene rings is 1. The maximum Gasteiger partial charge on any atom is 0.321 e. The van der Waals surface area contributed by atoms with Crippen LogP contribution in [0.25, 0.3) is 0 Å². The molecule has 0 bridgehead atoms. The summed E-state index contributed by atoms with van der Waals surface area (Å²) < 4.78 is 12.5. The Morgan fingerprint density at radius 1 is 1.15 bits per heavy atom. The van der Waals surface area contributed by atoms with Crippen molar-refractivity contribution in [1.82, 2.24) is 19.9 Å². The molecule has 0 spiro atoms. The van der Waals surface area contributed by atoms with E-state index in [0.29, 0.717) is 22.5 Å². The quantitative estimate of drug-likeness (QED) is 0.693. The zero-order valence-electron chi connectivity index (χ0n) is 14.6. The summed E-state index contributed by atoms with van der Waals surface area (Å²) in [5, 5.41) is 7.97. The van der Waals surface area contributed by atoms with Crippen molar-refractivity contribution in [2.75, 3.05) is 19.5 Å². The van der Waals surface area contributed by atoms with Crippen LogP contribution in [0.15, 0.2) is 42.2 Å². The molecule has 2 N–H and O–H groups in total. The summed E-state index contributed by atoms with van der Waals surface area (Å²) in [4.78, 5) is 20.9. The molecule has 1 atom stereocenters. The lowest BCUT2D eigenvalue weighted by molar-refractivity contribution is 0.249. The van der Waals surface area contributed by atoms with Crippen LogP contribution in [0, 0.1) is 0 Å². The fourth-order valence-corrected chi connectivity index (χ4v) is 3.02. The lowest BCUT2D eigenvalue weighted by atomic mass is 10.1. The second-order valence-electron chi connectivity index (χ2n) is 5.41. The predicted octanol–water partition coefficient (Wildman–Crippen LogP) is 2.80. The largest absolute Gasteiger partial charge is 0.497 e. The number of thiazole rings is 1. The number of nitrogens with zero attached hydrogens (tertiary/aromatic N) is 3. The van der Waals surface area contributed by atoms with Gasteiger partial charge in [0.2, 0.25) is 0 Å². The highest BCUT2D eigenvalue weighted by atomic mass is 32.1. The molecule has 136 valence electrons. The van der Waals surface area contributed by atoms with E-state index < -0.39 is 6.04 Å². The second kappa shape index (κ2) is 7.87. The number of amides is 2. The molecule has 0 fully saturated rings. The van der Waals surface area contributed by atoms with Crippen LogP contribution < -0.4 is 20.1 Å². The molecule has 1 unspecified atom stereocenters. The van der Waals surface area contributed by atoms with E-state index in [0.717, 1.165) is 5.56 Å². The van der Waals surface area contributed by atoms with Gasteiger partial charge in [-0.1, -0.05) is 0 Å². The van der Waals surface area contributed by atoms with Gasteiger partial charge in [-0.15, -0.1) is 11.3 Å². The smallest absolute Gasteiger partial charge is 0.321 e. The van der Waals surface area contributed by atoms with Crippen molar-refractivity contribution >= 4 is 22.5 Å². The molecular weight excluding hydrogens is 354 g/mol. The lowest BCUT2D eigenvalue weighted by Crippen LogP contribution is -2.34. The van der Waals surface area contributed by atoms with Crippen LogP contribution in [0.1, 0.15) is 17.4 Å². The molecule has 0 aliphatic heterocycles. The predicted molar refractivity (Wildman–Crippen MR) is 98.9 cm³/mol. The van der Waals surface area contributed by atoms with Gasteiger partial charge in [0.25, 0.3) is 0 Å². The van der Waals surface area contributed by atoms with Crippen molar-refractivity contribution < 1.29 is 14.3 Å². The van der Waals surface area contributed by atoms with Gasteiger partial charge in [0.15, 0.2) is 5.13 Å². The van der Waals surface area contributed by atoms with Crippen molar-refractivity contribution in [1.29, 1.82) is 0 Å². The zero-order valence-corrected chi connectivity index (χ0v) is 15.4. The molecular formula is C17H19N5O3S. The molecule has 0 saturated carbocycles. The Bertz CT molecular complexity index is 856. The molecule has 0 aliphatic carbocycles. The number of carbonyl (C=O) groups is 1. The molecule has 0 aliphatic rings. The number of anilines is 1. The van der Waals surface area contributed by atoms with Gasteiger partial charge in [0.1, 0.15) is 23.4 Å². The van der Waals surface area contributed by atoms with Crippen LogP contribution in [0.5, 0.6) is 11.5 Å². The Morgan fingerprint density at radius 3 is 2.42 bits per heavy atom. The number of nitrogens with one attached hydrogen (secondary N) is 2. The molecule has 26 heavy (non-hydrogen) atoms. The number of aromatic nitrogens is 3. The van der Waals surface area contributed by atoms with Crippen molar-refractivity contribution in [3.8, 4) is 11.5 Å². The van der Waals surface area contributed by atoms with Crippen LogP contribution in [-0.4, -0.2) is 34.8 Å². The van der Waals surface area contributed by atoms with E-state index in [4.69, 9.17) is 9.47 Å². The Hall–Kier alpha value is -3.07. The van der Waals surface area contributed by atoms with Crippen molar-refractivity contribution in [3.63, 3.8) is 0 Å². The number of urea groups is 1. The molecule has 0 radical (unpaired) electrons. The van der Waals surface area contributed by atoms with Crippen LogP contribution in [0.3, 0.4) is 0 Å². The normalized spacial score (nSPS) is 11.7. The highest BCUT2D eigenvalue weighted by molar-refractivity contribution is 7.13. The Labute approximate surface area is 154 Å². The summed E-state index contributed by atoms with van der Waals surface area (Å²) in [5.74, 6) is 1.93. The van der Waals surface area contributed by atoms with Gasteiger partial charge in [0.05, 0.1) is 14.2 Å². The summed E-state index contributed by atoms with van der Waals surface area (Å²) in [6, 6.07) is 4.57. The third-order valence-electron chi connectivity index (χ3n) is 3.75. The fraction of sp³-hybridized carbons (Fsp3) is 0.235. The number of imidazole rings is 1. The van der Waals surface area contributed by atoms with Crippen molar-refractivity contribution in [2.45, 2.75) is 6.04 Å². The average molecular weight is 373 g/mol. The Morgan fingerprint density at radius 2 is 1.88 bits per heavy atom. The van der Waals surface area contributed by atoms with E-state index in [1.54, 1.807) is 38.1 Å². The van der Waals surface area contributed by atoms with Gasteiger partial charge in [-0.2, -0.15) is 0 Å². The molecule has 8 nitrogen and oxygen atoms in total. The third kappa shape index (κ3) is 3.94. The SMILES string of the molecule is COc1cc(OC)cc(C(NC(=O)Nc2nccs2)c2nccn2C)c1. The number of aryl methyl sites for hydroxylation is 1. The number of hydrogen-bond acceptors (Lipinski definition) is 6. The number of methoxy groups -OCH3 is 2. The average Bonchev–Trinajstić information content (AvgIpc) is 3.30. The van der Waals surface area contributed by atoms with Gasteiger partial charge in [-0.05, 0) is 17.7 Å². The van der Waals surface area contributed by atoms with Gasteiger partial charge < -0.3 is 19.4 Å². The van der Waals surface area contributed by atoms with Crippen LogP contribution in [-0.2, 0) is 7.05 Å². The second-order valence-corrected chi connectivity index (χ2v) is 6.31. The first-order chi connectivity index (χ1) is 12.6. The van der Waals surface area contributed by atoms with E-state index in [1.165, 1.54) is 11.3 Å². The Kier molecular flexibility index (Phi) is 5.37. The molecule has 9 heteroatoms. The standard InChI is InChI=1S/C17H19N5O3S/c1-22-6-4-18-15(22)14(20-16(23)21-17-19-5-7-26-17)11-8-12(24-2)10-13(9-11)25-3/h4-10,14H,1-3H3,(H2,19,20,21,23). The number of rotatable bonds is 6. The van der Waals surface area contributed by atoms with Gasteiger partial charge >= 0.3 is 6.03 Å². The number of hydrogen-bond donors (Lipinski definition) is 2. The minimum Gasteiger partial charge on any atom is -0.497 e. The summed E-state index contributed by atoms with van der Waals surface area (Å²) in [6.07, 6.45) is 5.13. The molecule has 3 aromatic rings. The molecule has 3 rings (SSSR count). The van der Waals surface area contributed by atoms with Crippen LogP contribution in [0.2, 0.25) is 0 Å². The first kappa shape index (κ1) is 17.7. The van der Waals surface area contributed by atoms with Crippen LogP contribution >= 0.6 is 11.3 Å². The molecule has 2 aromatic heterocycles. The van der Waals surface area contributed by atoms with E-state index >= 15 is 0 Å². The summed E-state index contributed by atoms with van der Waals surface area (Å²) in [7, 11) is 5.03. The number of ether oxygens (including phenoxy) is 2. The zero-order chi connectivity index (χ0) is 18.5. The Balaban J connectivity index is 1.94. The molecule has 2 heterocycles. The summed E-state index contributed by atoms with van der Waals surface area (Å²) in [5.41, 5.74) is 0.782. The first-order valence-electron chi connectivity index (χ1n) is 7.78. The van der Waals surface area contributed by atoms with Gasteiger partial charge in [-0.3, -0.25) is 5.32 Å². The van der Waals surface area contributed by atoms with Crippen molar-refractivity contribution in [3.05, 3.63) is 53.6 Å². The van der Waals surface area contributed by atoms with E-state index in [-0.39, 0.29) is 6.03 Å². The van der Waals surface area contributed by atoms with E-state index in [9.17, 15) is 4.79 Å². The summed E-state index contributed by atoms with van der Waals surface area (Å²) >= 11 is 1.34.